The molecule has 0 saturated heterocycles. The lowest BCUT2D eigenvalue weighted by Gasteiger charge is -2.10. The predicted octanol–water partition coefficient (Wildman–Crippen LogP) is 0.901. The molecule has 0 aliphatic rings. The number of anilines is 1. The molecular formula is C10H12N2O5. The van der Waals surface area contributed by atoms with Crippen molar-refractivity contribution in [3.63, 3.8) is 0 Å². The van der Waals surface area contributed by atoms with Crippen LogP contribution < -0.4 is 10.5 Å². The Morgan fingerprint density at radius 2 is 2.12 bits per heavy atom. The molecule has 0 radical (unpaired) electrons. The quantitative estimate of drug-likeness (QED) is 0.363. The molecule has 92 valence electrons. The summed E-state index contributed by atoms with van der Waals surface area (Å²) in [5, 5.41) is 10.6. The van der Waals surface area contributed by atoms with Crippen LogP contribution in [0.2, 0.25) is 0 Å². The molecule has 0 unspecified atom stereocenters. The summed E-state index contributed by atoms with van der Waals surface area (Å²) in [6, 6.07) is 2.40. The second-order valence-electron chi connectivity index (χ2n) is 3.23. The van der Waals surface area contributed by atoms with Crippen LogP contribution in [0.1, 0.15) is 5.56 Å². The third-order valence-electron chi connectivity index (χ3n) is 2.21. The summed E-state index contributed by atoms with van der Waals surface area (Å²) in [5.74, 6) is -0.300. The number of rotatable bonds is 4. The molecule has 0 spiro atoms. The molecule has 2 N–H and O–H groups in total. The molecule has 0 saturated carbocycles. The number of nitrogens with zero attached hydrogens (tertiary/aromatic N) is 1. The molecule has 0 atom stereocenters. The van der Waals surface area contributed by atoms with E-state index in [0.717, 1.165) is 0 Å². The third kappa shape index (κ3) is 2.83. The Morgan fingerprint density at radius 1 is 1.47 bits per heavy atom. The van der Waals surface area contributed by atoms with Crippen LogP contribution in [0, 0.1) is 10.1 Å². The maximum absolute atomic E-state index is 11.2. The minimum absolute atomic E-state index is 0.0937. The van der Waals surface area contributed by atoms with E-state index in [2.05, 4.69) is 4.74 Å². The van der Waals surface area contributed by atoms with Gasteiger partial charge in [0.2, 0.25) is 0 Å². The molecule has 1 aromatic carbocycles. The van der Waals surface area contributed by atoms with Crippen molar-refractivity contribution >= 4 is 17.3 Å². The van der Waals surface area contributed by atoms with E-state index in [1.807, 2.05) is 0 Å². The number of ether oxygens (including phenoxy) is 2. The number of nitro groups is 1. The van der Waals surface area contributed by atoms with E-state index in [1.54, 1.807) is 0 Å². The van der Waals surface area contributed by atoms with Gasteiger partial charge in [0.05, 0.1) is 31.6 Å². The number of carbonyl (C=O) groups excluding carboxylic acids is 1. The number of hydrogen-bond acceptors (Lipinski definition) is 6. The van der Waals surface area contributed by atoms with Gasteiger partial charge in [-0.1, -0.05) is 0 Å². The maximum Gasteiger partial charge on any atom is 0.310 e. The van der Waals surface area contributed by atoms with Gasteiger partial charge in [0, 0.05) is 17.3 Å². The fourth-order valence-corrected chi connectivity index (χ4v) is 1.35. The molecule has 1 aromatic rings. The first-order valence-electron chi connectivity index (χ1n) is 4.67. The fourth-order valence-electron chi connectivity index (χ4n) is 1.35. The van der Waals surface area contributed by atoms with Crippen LogP contribution in [-0.2, 0) is 16.0 Å². The van der Waals surface area contributed by atoms with Gasteiger partial charge in [0.25, 0.3) is 5.69 Å². The number of methoxy groups -OCH3 is 2. The topological polar surface area (TPSA) is 105 Å². The number of nitrogens with two attached hydrogens (primary N) is 1. The van der Waals surface area contributed by atoms with Crippen molar-refractivity contribution in [2.45, 2.75) is 6.42 Å². The maximum atomic E-state index is 11.2. The normalized spacial score (nSPS) is 9.76. The van der Waals surface area contributed by atoms with Crippen LogP contribution in [0.25, 0.3) is 0 Å². The van der Waals surface area contributed by atoms with E-state index in [-0.39, 0.29) is 23.5 Å². The molecule has 0 bridgehead atoms. The monoisotopic (exact) mass is 240 g/mol. The highest BCUT2D eigenvalue weighted by Gasteiger charge is 2.18. The highest BCUT2D eigenvalue weighted by atomic mass is 16.6. The Balaban J connectivity index is 3.21. The molecule has 1 rings (SSSR count). The lowest BCUT2D eigenvalue weighted by Crippen LogP contribution is -2.09. The second-order valence-corrected chi connectivity index (χ2v) is 3.23. The number of benzene rings is 1. The van der Waals surface area contributed by atoms with Crippen molar-refractivity contribution in [3.05, 3.63) is 27.8 Å². The van der Waals surface area contributed by atoms with Crippen LogP contribution in [0.5, 0.6) is 5.75 Å². The van der Waals surface area contributed by atoms with Gasteiger partial charge in [-0.25, -0.2) is 0 Å². The summed E-state index contributed by atoms with van der Waals surface area (Å²) in [6.45, 7) is 0. The highest BCUT2D eigenvalue weighted by Crippen LogP contribution is 2.30. The summed E-state index contributed by atoms with van der Waals surface area (Å²) in [7, 11) is 2.59. The van der Waals surface area contributed by atoms with Crippen molar-refractivity contribution in [3.8, 4) is 5.75 Å². The number of non-ortho nitro benzene ring substituents is 1. The zero-order valence-corrected chi connectivity index (χ0v) is 9.43. The second kappa shape index (κ2) is 5.15. The largest absolute Gasteiger partial charge is 0.496 e. The Hall–Kier alpha value is -2.31. The van der Waals surface area contributed by atoms with Crippen LogP contribution in [0.3, 0.4) is 0 Å². The predicted molar refractivity (Wildman–Crippen MR) is 59.8 cm³/mol. The Kier molecular flexibility index (Phi) is 3.86. The van der Waals surface area contributed by atoms with Crippen molar-refractivity contribution < 1.29 is 19.2 Å². The molecular weight excluding hydrogens is 228 g/mol. The van der Waals surface area contributed by atoms with Crippen LogP contribution in [-0.4, -0.2) is 25.1 Å². The summed E-state index contributed by atoms with van der Waals surface area (Å²) in [5.41, 5.74) is 5.97. The van der Waals surface area contributed by atoms with E-state index < -0.39 is 10.9 Å². The highest BCUT2D eigenvalue weighted by molar-refractivity contribution is 5.77. The Labute approximate surface area is 97.3 Å². The van der Waals surface area contributed by atoms with Crippen molar-refractivity contribution in [1.29, 1.82) is 0 Å². The standard InChI is InChI=1S/C10H12N2O5/c1-16-9-4-6(12(14)15)3-8(11)7(9)5-10(13)17-2/h3-4H,5,11H2,1-2H3. The molecule has 7 heteroatoms. The number of esters is 1. The molecule has 0 heterocycles. The first-order valence-corrected chi connectivity index (χ1v) is 4.67. The van der Waals surface area contributed by atoms with E-state index in [1.165, 1.54) is 26.4 Å². The number of nitrogen functional groups attached to an aromatic ring is 1. The molecule has 0 aliphatic carbocycles. The summed E-state index contributed by atoms with van der Waals surface area (Å²) >= 11 is 0. The Bertz CT molecular complexity index is 458. The summed E-state index contributed by atoms with van der Waals surface area (Å²) < 4.78 is 9.47. The van der Waals surface area contributed by atoms with Crippen molar-refractivity contribution in [2.75, 3.05) is 20.0 Å². The van der Waals surface area contributed by atoms with Crippen molar-refractivity contribution in [1.82, 2.24) is 0 Å². The van der Waals surface area contributed by atoms with E-state index >= 15 is 0 Å². The van der Waals surface area contributed by atoms with E-state index in [4.69, 9.17) is 10.5 Å². The Morgan fingerprint density at radius 3 is 2.59 bits per heavy atom. The third-order valence-corrected chi connectivity index (χ3v) is 2.21. The molecule has 0 amide bonds. The van der Waals surface area contributed by atoms with Gasteiger partial charge in [-0.2, -0.15) is 0 Å². The molecule has 0 aliphatic heterocycles. The van der Waals surface area contributed by atoms with Gasteiger partial charge < -0.3 is 15.2 Å². The molecule has 17 heavy (non-hydrogen) atoms. The minimum Gasteiger partial charge on any atom is -0.496 e. The SMILES string of the molecule is COC(=O)Cc1c(N)cc([N+](=O)[O-])cc1OC. The number of hydrogen-bond donors (Lipinski definition) is 1. The molecule has 0 aromatic heterocycles. The van der Waals surface area contributed by atoms with E-state index in [9.17, 15) is 14.9 Å². The van der Waals surface area contributed by atoms with Gasteiger partial charge in [0.15, 0.2) is 0 Å². The minimum atomic E-state index is -0.583. The molecule has 0 fully saturated rings. The zero-order chi connectivity index (χ0) is 13.0. The zero-order valence-electron chi connectivity index (χ0n) is 9.43. The van der Waals surface area contributed by atoms with Crippen LogP contribution in [0.4, 0.5) is 11.4 Å². The van der Waals surface area contributed by atoms with Gasteiger partial charge in [-0.15, -0.1) is 0 Å². The average molecular weight is 240 g/mol. The molecule has 7 nitrogen and oxygen atoms in total. The first kappa shape index (κ1) is 12.8. The lowest BCUT2D eigenvalue weighted by atomic mass is 10.1. The van der Waals surface area contributed by atoms with Crippen molar-refractivity contribution in [2.24, 2.45) is 0 Å². The van der Waals surface area contributed by atoms with Crippen LogP contribution in [0.15, 0.2) is 12.1 Å². The van der Waals surface area contributed by atoms with Gasteiger partial charge in [0.1, 0.15) is 5.75 Å². The summed E-state index contributed by atoms with van der Waals surface area (Å²) in [4.78, 5) is 21.2. The smallest absolute Gasteiger partial charge is 0.310 e. The fraction of sp³-hybridized carbons (Fsp3) is 0.300. The van der Waals surface area contributed by atoms with Gasteiger partial charge in [-0.05, 0) is 0 Å². The van der Waals surface area contributed by atoms with Crippen LogP contribution >= 0.6 is 0 Å². The van der Waals surface area contributed by atoms with Gasteiger partial charge in [-0.3, -0.25) is 14.9 Å². The van der Waals surface area contributed by atoms with E-state index in [0.29, 0.717) is 5.56 Å². The number of carbonyl (C=O) groups is 1. The number of nitro benzene ring substituents is 1. The lowest BCUT2D eigenvalue weighted by molar-refractivity contribution is -0.384. The van der Waals surface area contributed by atoms with Gasteiger partial charge >= 0.3 is 5.97 Å². The summed E-state index contributed by atoms with van der Waals surface area (Å²) in [6.07, 6.45) is -0.0937. The first-order chi connectivity index (χ1) is 7.99. The average Bonchev–Trinajstić information content (AvgIpc) is 2.30.